The predicted octanol–water partition coefficient (Wildman–Crippen LogP) is 3.79. The van der Waals surface area contributed by atoms with E-state index in [1.165, 1.54) is 11.9 Å². The third-order valence-corrected chi connectivity index (χ3v) is 3.88. The van der Waals surface area contributed by atoms with Gasteiger partial charge >= 0.3 is 5.97 Å². The van der Waals surface area contributed by atoms with Crippen molar-refractivity contribution >= 4 is 11.5 Å². The molecule has 1 aliphatic carbocycles. The highest BCUT2D eigenvalue weighted by atomic mass is 16.6. The van der Waals surface area contributed by atoms with Crippen LogP contribution in [0.2, 0.25) is 0 Å². The molecule has 0 bridgehead atoms. The van der Waals surface area contributed by atoms with Crippen LogP contribution in [0, 0.1) is 5.92 Å². The number of hydrogen-bond acceptors (Lipinski definition) is 5. The Balaban J connectivity index is 1.85. The van der Waals surface area contributed by atoms with Crippen LogP contribution in [-0.4, -0.2) is 28.6 Å². The first-order valence-corrected chi connectivity index (χ1v) is 8.14. The smallest absolute Gasteiger partial charge is 0.306 e. The quantitative estimate of drug-likeness (QED) is 0.773. The molecule has 23 heavy (non-hydrogen) atoms. The lowest BCUT2D eigenvalue weighted by molar-refractivity contribution is -0.155. The molecular weight excluding hydrogens is 292 g/mol. The monoisotopic (exact) mass is 318 g/mol. The molecule has 1 aromatic heterocycles. The first-order chi connectivity index (χ1) is 10.9. The van der Waals surface area contributed by atoms with Gasteiger partial charge in [0.15, 0.2) is 0 Å². The molecule has 1 atom stereocenters. The number of hydrogen-bond donors (Lipinski definition) is 0. The number of methoxy groups -OCH3 is 1. The second kappa shape index (κ2) is 7.57. The average molecular weight is 318 g/mol. The summed E-state index contributed by atoms with van der Waals surface area (Å²) in [4.78, 5) is 20.1. The number of rotatable bonds is 5. The summed E-state index contributed by atoms with van der Waals surface area (Å²) in [5.41, 5.74) is 1.77. The highest BCUT2D eigenvalue weighted by Crippen LogP contribution is 2.32. The van der Waals surface area contributed by atoms with Gasteiger partial charge in [-0.1, -0.05) is 6.08 Å². The molecule has 0 aliphatic heterocycles. The lowest BCUT2D eigenvalue weighted by atomic mass is 9.85. The van der Waals surface area contributed by atoms with Crippen molar-refractivity contribution in [1.82, 2.24) is 9.97 Å². The minimum Gasteiger partial charge on any atom is -0.481 e. The van der Waals surface area contributed by atoms with E-state index in [2.05, 4.69) is 16.0 Å². The van der Waals surface area contributed by atoms with E-state index >= 15 is 0 Å². The van der Waals surface area contributed by atoms with Crippen LogP contribution >= 0.6 is 0 Å². The van der Waals surface area contributed by atoms with Crippen molar-refractivity contribution in [3.63, 3.8) is 0 Å². The van der Waals surface area contributed by atoms with Crippen molar-refractivity contribution < 1.29 is 14.3 Å². The van der Waals surface area contributed by atoms with Crippen LogP contribution in [0.25, 0.3) is 5.57 Å². The van der Waals surface area contributed by atoms with E-state index in [1.807, 2.05) is 26.8 Å². The Bertz CT molecular complexity index is 576. The predicted molar refractivity (Wildman–Crippen MR) is 89.0 cm³/mol. The molecule has 2 rings (SSSR count). The molecule has 0 N–H and O–H groups in total. The molecule has 0 spiro atoms. The SMILES string of the molecule is COc1cc(C2=CCC(CCC(=O)OC(C)(C)C)CC2)ncn1. The van der Waals surface area contributed by atoms with Crippen molar-refractivity contribution in [2.24, 2.45) is 5.92 Å². The second-order valence-electron chi connectivity index (χ2n) is 6.94. The van der Waals surface area contributed by atoms with E-state index in [0.717, 1.165) is 31.4 Å². The van der Waals surface area contributed by atoms with Crippen molar-refractivity contribution in [1.29, 1.82) is 0 Å². The molecule has 0 amide bonds. The summed E-state index contributed by atoms with van der Waals surface area (Å²) in [5, 5.41) is 0. The third-order valence-electron chi connectivity index (χ3n) is 3.88. The second-order valence-corrected chi connectivity index (χ2v) is 6.94. The highest BCUT2D eigenvalue weighted by molar-refractivity contribution is 5.70. The third kappa shape index (κ3) is 5.66. The summed E-state index contributed by atoms with van der Waals surface area (Å²) in [6, 6.07) is 1.87. The standard InChI is InChI=1S/C18H26N2O3/c1-18(2,3)23-17(21)10-7-13-5-8-14(9-6-13)15-11-16(22-4)20-12-19-15/h8,11-13H,5-7,9-10H2,1-4H3. The maximum Gasteiger partial charge on any atom is 0.306 e. The van der Waals surface area contributed by atoms with Gasteiger partial charge in [0.1, 0.15) is 11.9 Å². The molecule has 0 fully saturated rings. The average Bonchev–Trinajstić information content (AvgIpc) is 2.52. The number of allylic oxidation sites excluding steroid dienone is 2. The molecule has 0 aromatic carbocycles. The van der Waals surface area contributed by atoms with Gasteiger partial charge in [-0.3, -0.25) is 4.79 Å². The summed E-state index contributed by atoms with van der Waals surface area (Å²) >= 11 is 0. The van der Waals surface area contributed by atoms with Gasteiger partial charge in [-0.05, 0) is 57.9 Å². The van der Waals surface area contributed by atoms with Crippen LogP contribution in [0.5, 0.6) is 5.88 Å². The van der Waals surface area contributed by atoms with E-state index < -0.39 is 5.60 Å². The van der Waals surface area contributed by atoms with Crippen LogP contribution in [0.15, 0.2) is 18.5 Å². The zero-order valence-corrected chi connectivity index (χ0v) is 14.5. The van der Waals surface area contributed by atoms with Gasteiger partial charge in [0, 0.05) is 12.5 Å². The molecule has 126 valence electrons. The number of aromatic nitrogens is 2. The molecule has 0 saturated carbocycles. The normalized spacial score (nSPS) is 18.3. The molecule has 1 aliphatic rings. The van der Waals surface area contributed by atoms with Gasteiger partial charge in [0.25, 0.3) is 0 Å². The molecule has 5 nitrogen and oxygen atoms in total. The van der Waals surface area contributed by atoms with E-state index in [0.29, 0.717) is 18.2 Å². The number of carbonyl (C=O) groups excluding carboxylic acids is 1. The van der Waals surface area contributed by atoms with Gasteiger partial charge in [0.05, 0.1) is 12.8 Å². The minimum atomic E-state index is -0.400. The lowest BCUT2D eigenvalue weighted by Crippen LogP contribution is -2.24. The number of ether oxygens (including phenoxy) is 2. The summed E-state index contributed by atoms with van der Waals surface area (Å²) in [6.07, 6.45) is 8.15. The first kappa shape index (κ1) is 17.4. The van der Waals surface area contributed by atoms with Gasteiger partial charge in [-0.25, -0.2) is 9.97 Å². The molecule has 0 saturated heterocycles. The highest BCUT2D eigenvalue weighted by Gasteiger charge is 2.20. The van der Waals surface area contributed by atoms with Crippen molar-refractivity contribution in [2.45, 2.75) is 58.5 Å². The molecule has 0 radical (unpaired) electrons. The molecular formula is C18H26N2O3. The van der Waals surface area contributed by atoms with Crippen molar-refractivity contribution in [3.05, 3.63) is 24.2 Å². The molecule has 1 heterocycles. The zero-order valence-electron chi connectivity index (χ0n) is 14.5. The zero-order chi connectivity index (χ0) is 16.9. The van der Waals surface area contributed by atoms with E-state index in [4.69, 9.17) is 9.47 Å². The Morgan fingerprint density at radius 3 is 2.74 bits per heavy atom. The van der Waals surface area contributed by atoms with Crippen molar-refractivity contribution in [2.75, 3.05) is 7.11 Å². The fraction of sp³-hybridized carbons (Fsp3) is 0.611. The van der Waals surface area contributed by atoms with Crippen molar-refractivity contribution in [3.8, 4) is 5.88 Å². The van der Waals surface area contributed by atoms with E-state index in [-0.39, 0.29) is 5.97 Å². The first-order valence-electron chi connectivity index (χ1n) is 8.14. The molecule has 1 aromatic rings. The summed E-state index contributed by atoms with van der Waals surface area (Å²) < 4.78 is 10.5. The van der Waals surface area contributed by atoms with E-state index in [1.54, 1.807) is 7.11 Å². The molecule has 1 unspecified atom stereocenters. The maximum absolute atomic E-state index is 11.8. The Morgan fingerprint density at radius 1 is 1.35 bits per heavy atom. The topological polar surface area (TPSA) is 61.3 Å². The molecule has 5 heteroatoms. The Labute approximate surface area is 138 Å². The van der Waals surface area contributed by atoms with Crippen LogP contribution in [0.4, 0.5) is 0 Å². The van der Waals surface area contributed by atoms with Crippen LogP contribution in [0.1, 0.15) is 58.6 Å². The number of nitrogens with zero attached hydrogens (tertiary/aromatic N) is 2. The van der Waals surface area contributed by atoms with Gasteiger partial charge in [-0.15, -0.1) is 0 Å². The number of carbonyl (C=O) groups is 1. The van der Waals surface area contributed by atoms with Gasteiger partial charge < -0.3 is 9.47 Å². The summed E-state index contributed by atoms with van der Waals surface area (Å²) in [6.45, 7) is 5.70. The van der Waals surface area contributed by atoms with Crippen LogP contribution < -0.4 is 4.74 Å². The summed E-state index contributed by atoms with van der Waals surface area (Å²) in [5.74, 6) is 1.02. The van der Waals surface area contributed by atoms with Crippen LogP contribution in [0.3, 0.4) is 0 Å². The number of esters is 1. The van der Waals surface area contributed by atoms with E-state index in [9.17, 15) is 4.79 Å². The van der Waals surface area contributed by atoms with Gasteiger partial charge in [-0.2, -0.15) is 0 Å². The Hall–Kier alpha value is -1.91. The van der Waals surface area contributed by atoms with Gasteiger partial charge in [0.2, 0.25) is 5.88 Å². The maximum atomic E-state index is 11.8. The largest absolute Gasteiger partial charge is 0.481 e. The fourth-order valence-corrected chi connectivity index (χ4v) is 2.72. The Kier molecular flexibility index (Phi) is 5.74. The lowest BCUT2D eigenvalue weighted by Gasteiger charge is -2.23. The minimum absolute atomic E-state index is 0.104. The summed E-state index contributed by atoms with van der Waals surface area (Å²) in [7, 11) is 1.61. The van der Waals surface area contributed by atoms with Crippen LogP contribution in [-0.2, 0) is 9.53 Å². The fourth-order valence-electron chi connectivity index (χ4n) is 2.72. The Morgan fingerprint density at radius 2 is 2.13 bits per heavy atom.